The molecule has 4 nitrogen and oxygen atoms in total. The van der Waals surface area contributed by atoms with Crippen LogP contribution in [-0.4, -0.2) is 34.1 Å². The lowest BCUT2D eigenvalue weighted by Gasteiger charge is -2.32. The van der Waals surface area contributed by atoms with Crippen LogP contribution in [0.4, 0.5) is 0 Å². The van der Waals surface area contributed by atoms with Gasteiger partial charge in [-0.2, -0.15) is 4.99 Å². The van der Waals surface area contributed by atoms with E-state index in [-0.39, 0.29) is 5.91 Å². The number of thioether (sulfide) groups is 1. The maximum atomic E-state index is 12.4. The van der Waals surface area contributed by atoms with Crippen molar-refractivity contribution in [1.82, 2.24) is 5.32 Å². The molecular formula is C16H26N2O2S. The van der Waals surface area contributed by atoms with Gasteiger partial charge >= 0.3 is 0 Å². The van der Waals surface area contributed by atoms with E-state index in [1.54, 1.807) is 11.8 Å². The predicted octanol–water partition coefficient (Wildman–Crippen LogP) is 3.11. The molecule has 0 bridgehead atoms. The van der Waals surface area contributed by atoms with E-state index >= 15 is 0 Å². The Kier molecular flexibility index (Phi) is 4.08. The molecule has 1 amide bonds. The highest BCUT2D eigenvalue weighted by atomic mass is 32.2. The second-order valence-electron chi connectivity index (χ2n) is 7.07. The molecule has 1 saturated carbocycles. The summed E-state index contributed by atoms with van der Waals surface area (Å²) in [5.41, 5.74) is -0.428. The van der Waals surface area contributed by atoms with Crippen molar-refractivity contribution >= 4 is 22.8 Å². The minimum atomic E-state index is -0.503. The third-order valence-corrected chi connectivity index (χ3v) is 6.90. The number of amides is 1. The fourth-order valence-electron chi connectivity index (χ4n) is 3.93. The summed E-state index contributed by atoms with van der Waals surface area (Å²) in [6.45, 7) is 6.92. The Hall–Kier alpha value is -0.550. The Morgan fingerprint density at radius 2 is 2.24 bits per heavy atom. The molecule has 2 fully saturated rings. The molecule has 1 saturated heterocycles. The zero-order chi connectivity index (χ0) is 15.1. The van der Waals surface area contributed by atoms with Gasteiger partial charge in [-0.05, 0) is 45.4 Å². The molecule has 0 radical (unpaired) electrons. The Balaban J connectivity index is 1.62. The van der Waals surface area contributed by atoms with Crippen LogP contribution in [0.15, 0.2) is 4.99 Å². The van der Waals surface area contributed by atoms with Gasteiger partial charge in [0.05, 0.1) is 5.60 Å². The molecule has 1 aliphatic carbocycles. The summed E-state index contributed by atoms with van der Waals surface area (Å²) in [5.74, 6) is 0.830. The molecule has 3 rings (SSSR count). The summed E-state index contributed by atoms with van der Waals surface area (Å²) in [7, 11) is 0. The summed E-state index contributed by atoms with van der Waals surface area (Å²) in [6, 6.07) is 0.487. The van der Waals surface area contributed by atoms with E-state index in [0.717, 1.165) is 17.5 Å². The summed E-state index contributed by atoms with van der Waals surface area (Å²) in [6.07, 6.45) is 7.07. The number of aliphatic imine (C=N–C) groups is 1. The van der Waals surface area contributed by atoms with Gasteiger partial charge in [-0.1, -0.05) is 31.5 Å². The lowest BCUT2D eigenvalue weighted by atomic mass is 9.89. The van der Waals surface area contributed by atoms with Crippen LogP contribution in [0.1, 0.15) is 59.3 Å². The van der Waals surface area contributed by atoms with Crippen LogP contribution in [0, 0.1) is 5.92 Å². The molecule has 1 N–H and O–H groups in total. The van der Waals surface area contributed by atoms with Crippen molar-refractivity contribution < 1.29 is 9.53 Å². The maximum Gasteiger partial charge on any atom is 0.267 e. The minimum absolute atomic E-state index is 0.0133. The largest absolute Gasteiger partial charge is 0.373 e. The fraction of sp³-hybridized carbons (Fsp3) is 0.875. The summed E-state index contributed by atoms with van der Waals surface area (Å²) in [4.78, 5) is 16.7. The van der Waals surface area contributed by atoms with E-state index in [4.69, 9.17) is 4.74 Å². The highest BCUT2D eigenvalue weighted by Gasteiger charge is 2.60. The van der Waals surface area contributed by atoms with Gasteiger partial charge in [0.1, 0.15) is 4.75 Å². The van der Waals surface area contributed by atoms with E-state index in [1.807, 2.05) is 13.8 Å². The molecule has 0 aromatic rings. The summed E-state index contributed by atoms with van der Waals surface area (Å²) in [5, 5.41) is 4.34. The Labute approximate surface area is 131 Å². The van der Waals surface area contributed by atoms with Gasteiger partial charge in [0.25, 0.3) is 5.91 Å². The van der Waals surface area contributed by atoms with E-state index in [0.29, 0.717) is 12.6 Å². The average molecular weight is 310 g/mol. The summed E-state index contributed by atoms with van der Waals surface area (Å²) < 4.78 is 5.27. The van der Waals surface area contributed by atoms with Crippen molar-refractivity contribution in [2.45, 2.75) is 75.7 Å². The molecule has 3 atom stereocenters. The zero-order valence-electron chi connectivity index (χ0n) is 13.3. The standard InChI is InChI=1S/C16H26N2O2S/c1-4-5-11-6-7-12(10-11)17-14-18-13(19)16(21-14)8-9-20-15(16,2)3/h11-12H,4-10H2,1-3H3,(H,17,18,19)/t11-,12-,16?/m1/s1. The molecule has 1 spiro atoms. The molecule has 2 aliphatic heterocycles. The number of nitrogens with zero attached hydrogens (tertiary/aromatic N) is 1. The number of hydrogen-bond donors (Lipinski definition) is 1. The van der Waals surface area contributed by atoms with Crippen molar-refractivity contribution in [3.05, 3.63) is 0 Å². The third-order valence-electron chi connectivity index (χ3n) is 5.27. The molecule has 5 heteroatoms. The number of carbonyl (C=O) groups is 1. The van der Waals surface area contributed by atoms with Crippen LogP contribution in [0.5, 0.6) is 0 Å². The van der Waals surface area contributed by atoms with Gasteiger partial charge < -0.3 is 10.1 Å². The van der Waals surface area contributed by atoms with Crippen LogP contribution in [0.2, 0.25) is 0 Å². The molecule has 21 heavy (non-hydrogen) atoms. The first-order valence-electron chi connectivity index (χ1n) is 8.19. The second kappa shape index (κ2) is 5.58. The van der Waals surface area contributed by atoms with Gasteiger partial charge in [-0.15, -0.1) is 0 Å². The lowest BCUT2D eigenvalue weighted by molar-refractivity contribution is -0.123. The number of amidine groups is 1. The highest BCUT2D eigenvalue weighted by molar-refractivity contribution is 8.16. The van der Waals surface area contributed by atoms with Crippen LogP contribution < -0.4 is 5.32 Å². The fourth-order valence-corrected chi connectivity index (χ4v) is 5.24. The minimum Gasteiger partial charge on any atom is -0.373 e. The second-order valence-corrected chi connectivity index (χ2v) is 8.36. The van der Waals surface area contributed by atoms with Crippen LogP contribution >= 0.6 is 11.8 Å². The average Bonchev–Trinajstić information content (AvgIpc) is 3.04. The Morgan fingerprint density at radius 3 is 2.90 bits per heavy atom. The number of carbonyl (C=O) groups excluding carboxylic acids is 1. The number of hydrogen-bond acceptors (Lipinski definition) is 4. The van der Waals surface area contributed by atoms with E-state index in [2.05, 4.69) is 17.2 Å². The highest BCUT2D eigenvalue weighted by Crippen LogP contribution is 2.50. The Morgan fingerprint density at radius 1 is 1.43 bits per heavy atom. The van der Waals surface area contributed by atoms with E-state index in [1.165, 1.54) is 32.1 Å². The quantitative estimate of drug-likeness (QED) is 0.870. The van der Waals surface area contributed by atoms with Crippen molar-refractivity contribution in [3.8, 4) is 0 Å². The predicted molar refractivity (Wildman–Crippen MR) is 86.6 cm³/mol. The Bertz CT molecular complexity index is 463. The van der Waals surface area contributed by atoms with Gasteiger partial charge in [-0.25, -0.2) is 0 Å². The first-order chi connectivity index (χ1) is 9.97. The number of rotatable bonds is 3. The zero-order valence-corrected chi connectivity index (χ0v) is 14.1. The molecule has 2 heterocycles. The number of nitrogens with one attached hydrogen (secondary N) is 1. The number of ether oxygens (including phenoxy) is 1. The van der Waals surface area contributed by atoms with Gasteiger partial charge in [0.2, 0.25) is 0 Å². The molecule has 118 valence electrons. The van der Waals surface area contributed by atoms with E-state index < -0.39 is 10.3 Å². The van der Waals surface area contributed by atoms with Crippen molar-refractivity contribution in [1.29, 1.82) is 0 Å². The van der Waals surface area contributed by atoms with Gasteiger partial charge in [0.15, 0.2) is 5.17 Å². The molecule has 1 unspecified atom stereocenters. The molecule has 0 aromatic carbocycles. The first-order valence-corrected chi connectivity index (χ1v) is 9.01. The van der Waals surface area contributed by atoms with E-state index in [9.17, 15) is 4.79 Å². The molecular weight excluding hydrogens is 284 g/mol. The monoisotopic (exact) mass is 310 g/mol. The normalized spacial score (nSPS) is 38.2. The van der Waals surface area contributed by atoms with Crippen molar-refractivity contribution in [2.75, 3.05) is 6.61 Å². The smallest absolute Gasteiger partial charge is 0.267 e. The van der Waals surface area contributed by atoms with Crippen molar-refractivity contribution in [3.63, 3.8) is 0 Å². The van der Waals surface area contributed by atoms with Crippen LogP contribution in [-0.2, 0) is 9.53 Å². The topological polar surface area (TPSA) is 50.7 Å². The molecule has 0 aromatic heterocycles. The first kappa shape index (κ1) is 15.3. The SMILES string of the molecule is CCC[C@@H]1CC[C@@H](NC2=NC(=O)C3(CCOC3(C)C)S2)C1. The summed E-state index contributed by atoms with van der Waals surface area (Å²) >= 11 is 1.60. The lowest BCUT2D eigenvalue weighted by Crippen LogP contribution is -2.48. The third kappa shape index (κ3) is 2.63. The van der Waals surface area contributed by atoms with Crippen LogP contribution in [0.25, 0.3) is 0 Å². The van der Waals surface area contributed by atoms with Crippen molar-refractivity contribution in [2.24, 2.45) is 10.9 Å². The van der Waals surface area contributed by atoms with Gasteiger partial charge in [0, 0.05) is 12.6 Å². The van der Waals surface area contributed by atoms with Crippen LogP contribution in [0.3, 0.4) is 0 Å². The molecule has 3 aliphatic rings. The maximum absolute atomic E-state index is 12.4. The van der Waals surface area contributed by atoms with Gasteiger partial charge in [-0.3, -0.25) is 4.79 Å².